The smallest absolute Gasteiger partial charge is 0.323 e. The summed E-state index contributed by atoms with van der Waals surface area (Å²) < 4.78 is 5.08. The zero-order chi connectivity index (χ0) is 16.0. The Kier molecular flexibility index (Phi) is 6.02. The molecule has 2 N–H and O–H groups in total. The van der Waals surface area contributed by atoms with Crippen molar-refractivity contribution in [2.24, 2.45) is 0 Å². The average Bonchev–Trinajstić information content (AvgIpc) is 2.44. The minimum atomic E-state index is -1.03. The Balaban J connectivity index is 2.72. The molecule has 0 aliphatic heterocycles. The minimum Gasteiger partial charge on any atom is -0.497 e. The van der Waals surface area contributed by atoms with Crippen LogP contribution in [0.15, 0.2) is 24.3 Å². The van der Waals surface area contributed by atoms with Gasteiger partial charge in [0.1, 0.15) is 12.3 Å². The van der Waals surface area contributed by atoms with Gasteiger partial charge in [0.25, 0.3) is 0 Å². The van der Waals surface area contributed by atoms with E-state index in [1.165, 1.54) is 4.90 Å². The first-order valence-electron chi connectivity index (χ1n) is 6.78. The molecule has 0 aromatic heterocycles. The van der Waals surface area contributed by atoms with Crippen molar-refractivity contribution in [2.75, 3.05) is 13.7 Å². The Morgan fingerprint density at radius 2 is 1.81 bits per heavy atom. The first kappa shape index (κ1) is 16.8. The van der Waals surface area contributed by atoms with Crippen LogP contribution in [0.2, 0.25) is 0 Å². The molecule has 0 bridgehead atoms. The lowest BCUT2D eigenvalue weighted by Gasteiger charge is -2.27. The van der Waals surface area contributed by atoms with E-state index in [2.05, 4.69) is 5.32 Å². The van der Waals surface area contributed by atoms with E-state index in [1.54, 1.807) is 21.0 Å². The van der Waals surface area contributed by atoms with Crippen LogP contribution in [0, 0.1) is 0 Å². The second kappa shape index (κ2) is 7.52. The minimum absolute atomic E-state index is 0.191. The predicted octanol–water partition coefficient (Wildman–Crippen LogP) is 2.26. The summed E-state index contributed by atoms with van der Waals surface area (Å²) >= 11 is 0. The van der Waals surface area contributed by atoms with Crippen LogP contribution in [-0.2, 0) is 4.79 Å². The van der Waals surface area contributed by atoms with Gasteiger partial charge in [-0.2, -0.15) is 0 Å². The van der Waals surface area contributed by atoms with Gasteiger partial charge in [-0.3, -0.25) is 4.79 Å². The number of aliphatic carboxylic acids is 1. The number of nitrogens with zero attached hydrogens (tertiary/aromatic N) is 1. The highest BCUT2D eigenvalue weighted by molar-refractivity contribution is 5.80. The zero-order valence-corrected chi connectivity index (χ0v) is 12.8. The summed E-state index contributed by atoms with van der Waals surface area (Å²) in [6.45, 7) is 5.08. The number of carbonyl (C=O) groups excluding carboxylic acids is 1. The first-order chi connectivity index (χ1) is 9.85. The van der Waals surface area contributed by atoms with E-state index in [0.717, 1.165) is 11.3 Å². The summed E-state index contributed by atoms with van der Waals surface area (Å²) in [5.41, 5.74) is 0.920. The van der Waals surface area contributed by atoms with Crippen LogP contribution in [0.3, 0.4) is 0 Å². The SMILES string of the molecule is COc1ccc(C(C)NC(=O)N(CC(=O)O)C(C)C)cc1. The molecule has 0 fully saturated rings. The Morgan fingerprint density at radius 1 is 1.24 bits per heavy atom. The summed E-state index contributed by atoms with van der Waals surface area (Å²) in [6.07, 6.45) is 0. The number of nitrogens with one attached hydrogen (secondary N) is 1. The number of hydrogen-bond acceptors (Lipinski definition) is 3. The number of carboxylic acids is 1. The monoisotopic (exact) mass is 294 g/mol. The maximum atomic E-state index is 12.2. The Labute approximate surface area is 124 Å². The van der Waals surface area contributed by atoms with Crippen LogP contribution in [0.1, 0.15) is 32.4 Å². The number of benzene rings is 1. The lowest BCUT2D eigenvalue weighted by Crippen LogP contribution is -2.47. The van der Waals surface area contributed by atoms with E-state index in [0.29, 0.717) is 0 Å². The number of methoxy groups -OCH3 is 1. The molecule has 1 atom stereocenters. The Morgan fingerprint density at radius 3 is 2.24 bits per heavy atom. The third-order valence-electron chi connectivity index (χ3n) is 3.15. The largest absolute Gasteiger partial charge is 0.497 e. The highest BCUT2D eigenvalue weighted by Crippen LogP contribution is 2.17. The maximum absolute atomic E-state index is 12.2. The van der Waals surface area contributed by atoms with Gasteiger partial charge in [0.2, 0.25) is 0 Å². The number of amides is 2. The quantitative estimate of drug-likeness (QED) is 0.843. The van der Waals surface area contributed by atoms with Crippen molar-refractivity contribution >= 4 is 12.0 Å². The molecule has 116 valence electrons. The lowest BCUT2D eigenvalue weighted by atomic mass is 10.1. The summed E-state index contributed by atoms with van der Waals surface area (Å²) in [5.74, 6) is -0.289. The Hall–Kier alpha value is -2.24. The number of carbonyl (C=O) groups is 2. The van der Waals surface area contributed by atoms with E-state index in [-0.39, 0.29) is 18.6 Å². The van der Waals surface area contributed by atoms with Gasteiger partial charge < -0.3 is 20.1 Å². The molecule has 0 saturated carbocycles. The molecule has 0 aliphatic carbocycles. The number of carboxylic acid groups (broad SMARTS) is 1. The molecule has 1 unspecified atom stereocenters. The van der Waals surface area contributed by atoms with Gasteiger partial charge in [-0.15, -0.1) is 0 Å². The third-order valence-corrected chi connectivity index (χ3v) is 3.15. The summed E-state index contributed by atoms with van der Waals surface area (Å²) in [7, 11) is 1.59. The molecular formula is C15H22N2O4. The maximum Gasteiger partial charge on any atom is 0.323 e. The molecule has 2 amide bonds. The van der Waals surface area contributed by atoms with Crippen molar-refractivity contribution in [2.45, 2.75) is 32.9 Å². The van der Waals surface area contributed by atoms with Gasteiger partial charge in [0, 0.05) is 6.04 Å². The molecule has 0 heterocycles. The number of hydrogen-bond donors (Lipinski definition) is 2. The Bertz CT molecular complexity index is 485. The summed E-state index contributed by atoms with van der Waals surface area (Å²) in [5, 5.41) is 11.7. The van der Waals surface area contributed by atoms with Gasteiger partial charge >= 0.3 is 12.0 Å². The summed E-state index contributed by atoms with van der Waals surface area (Å²) in [4.78, 5) is 24.2. The molecule has 1 aromatic carbocycles. The second-order valence-electron chi connectivity index (χ2n) is 5.06. The van der Waals surface area contributed by atoms with Crippen LogP contribution in [-0.4, -0.2) is 41.7 Å². The van der Waals surface area contributed by atoms with Crippen LogP contribution in [0.25, 0.3) is 0 Å². The summed E-state index contributed by atoms with van der Waals surface area (Å²) in [6, 6.07) is 6.55. The van der Waals surface area contributed by atoms with Crippen molar-refractivity contribution in [1.82, 2.24) is 10.2 Å². The van der Waals surface area contributed by atoms with Crippen molar-refractivity contribution in [3.05, 3.63) is 29.8 Å². The molecule has 21 heavy (non-hydrogen) atoms. The van der Waals surface area contributed by atoms with Gasteiger partial charge in [-0.05, 0) is 38.5 Å². The highest BCUT2D eigenvalue weighted by atomic mass is 16.5. The molecule has 6 heteroatoms. The standard InChI is InChI=1S/C15H22N2O4/c1-10(2)17(9-14(18)19)15(20)16-11(3)12-5-7-13(21-4)8-6-12/h5-8,10-11H,9H2,1-4H3,(H,16,20)(H,18,19). The second-order valence-corrected chi connectivity index (χ2v) is 5.06. The lowest BCUT2D eigenvalue weighted by molar-refractivity contribution is -0.138. The first-order valence-corrected chi connectivity index (χ1v) is 6.78. The number of ether oxygens (including phenoxy) is 1. The van der Waals surface area contributed by atoms with Crippen molar-refractivity contribution < 1.29 is 19.4 Å². The van der Waals surface area contributed by atoms with E-state index in [9.17, 15) is 9.59 Å². The van der Waals surface area contributed by atoms with E-state index in [4.69, 9.17) is 9.84 Å². The van der Waals surface area contributed by atoms with Crippen molar-refractivity contribution in [3.63, 3.8) is 0 Å². The molecule has 1 rings (SSSR count). The van der Waals surface area contributed by atoms with Gasteiger partial charge in [0.15, 0.2) is 0 Å². The van der Waals surface area contributed by atoms with Crippen molar-refractivity contribution in [1.29, 1.82) is 0 Å². The normalized spacial score (nSPS) is 11.9. The highest BCUT2D eigenvalue weighted by Gasteiger charge is 2.21. The fourth-order valence-electron chi connectivity index (χ4n) is 1.88. The number of urea groups is 1. The molecule has 6 nitrogen and oxygen atoms in total. The fourth-order valence-corrected chi connectivity index (χ4v) is 1.88. The van der Waals surface area contributed by atoms with E-state index in [1.807, 2.05) is 31.2 Å². The average molecular weight is 294 g/mol. The van der Waals surface area contributed by atoms with Crippen molar-refractivity contribution in [3.8, 4) is 5.75 Å². The van der Waals surface area contributed by atoms with Crippen LogP contribution in [0.4, 0.5) is 4.79 Å². The molecule has 0 aliphatic rings. The number of rotatable bonds is 6. The van der Waals surface area contributed by atoms with Crippen LogP contribution in [0.5, 0.6) is 5.75 Å². The molecule has 0 spiro atoms. The van der Waals surface area contributed by atoms with Crippen LogP contribution >= 0.6 is 0 Å². The molecule has 1 aromatic rings. The van der Waals surface area contributed by atoms with E-state index >= 15 is 0 Å². The fraction of sp³-hybridized carbons (Fsp3) is 0.467. The van der Waals surface area contributed by atoms with Gasteiger partial charge in [0.05, 0.1) is 13.2 Å². The molecular weight excluding hydrogens is 272 g/mol. The van der Waals surface area contributed by atoms with Crippen LogP contribution < -0.4 is 10.1 Å². The third kappa shape index (κ3) is 4.98. The van der Waals surface area contributed by atoms with Gasteiger partial charge in [-0.25, -0.2) is 4.79 Å². The molecule has 0 saturated heterocycles. The van der Waals surface area contributed by atoms with Gasteiger partial charge in [-0.1, -0.05) is 12.1 Å². The topological polar surface area (TPSA) is 78.9 Å². The zero-order valence-electron chi connectivity index (χ0n) is 12.8. The van der Waals surface area contributed by atoms with E-state index < -0.39 is 12.0 Å². The predicted molar refractivity (Wildman–Crippen MR) is 79.4 cm³/mol. The molecule has 0 radical (unpaired) electrons.